The molecule has 2 aliphatic rings. The summed E-state index contributed by atoms with van der Waals surface area (Å²) in [5, 5.41) is 8.61. The molecule has 0 aromatic heterocycles. The van der Waals surface area contributed by atoms with Crippen LogP contribution in [0.2, 0.25) is 0 Å². The minimum atomic E-state index is -0.138. The van der Waals surface area contributed by atoms with Crippen molar-refractivity contribution < 1.29 is 9.59 Å². The van der Waals surface area contributed by atoms with Gasteiger partial charge in [0.2, 0.25) is 5.91 Å². The van der Waals surface area contributed by atoms with E-state index in [1.165, 1.54) is 19.3 Å². The van der Waals surface area contributed by atoms with Crippen LogP contribution in [0.4, 0.5) is 4.79 Å². The average molecular weight is 253 g/mol. The summed E-state index contributed by atoms with van der Waals surface area (Å²) in [5.41, 5.74) is 0. The molecular formula is C13H23N3O2. The molecule has 0 atom stereocenters. The quantitative estimate of drug-likeness (QED) is 0.691. The lowest BCUT2D eigenvalue weighted by Crippen LogP contribution is -2.43. The smallest absolute Gasteiger partial charge is 0.315 e. The standard InChI is InChI=1S/C13H23N3O2/c17-12(15-11-6-7-11)8-9-14-13(18)16-10-4-2-1-3-5-10/h10-11H,1-9H2,(H,15,17)(H2,14,16,18). The van der Waals surface area contributed by atoms with Gasteiger partial charge < -0.3 is 16.0 Å². The van der Waals surface area contributed by atoms with E-state index < -0.39 is 0 Å². The Morgan fingerprint density at radius 3 is 2.22 bits per heavy atom. The third-order valence-electron chi connectivity index (χ3n) is 3.52. The number of carbonyl (C=O) groups excluding carboxylic acids is 2. The molecule has 2 saturated carbocycles. The molecule has 18 heavy (non-hydrogen) atoms. The maximum Gasteiger partial charge on any atom is 0.315 e. The van der Waals surface area contributed by atoms with E-state index in [-0.39, 0.29) is 11.9 Å². The highest BCUT2D eigenvalue weighted by molar-refractivity contribution is 5.78. The van der Waals surface area contributed by atoms with Crippen molar-refractivity contribution in [3.63, 3.8) is 0 Å². The molecule has 0 aromatic rings. The molecule has 0 aromatic carbocycles. The summed E-state index contributed by atoms with van der Waals surface area (Å²) in [5.74, 6) is 0.0375. The van der Waals surface area contributed by atoms with Gasteiger partial charge in [-0.1, -0.05) is 19.3 Å². The van der Waals surface area contributed by atoms with Crippen LogP contribution in [-0.2, 0) is 4.79 Å². The normalized spacial score (nSPS) is 20.2. The number of urea groups is 1. The van der Waals surface area contributed by atoms with Crippen LogP contribution in [0.1, 0.15) is 51.4 Å². The third kappa shape index (κ3) is 4.94. The van der Waals surface area contributed by atoms with Crippen molar-refractivity contribution in [1.82, 2.24) is 16.0 Å². The van der Waals surface area contributed by atoms with Crippen LogP contribution in [0, 0.1) is 0 Å². The van der Waals surface area contributed by atoms with E-state index in [0.717, 1.165) is 25.7 Å². The average Bonchev–Trinajstić information content (AvgIpc) is 3.14. The van der Waals surface area contributed by atoms with Crippen molar-refractivity contribution in [2.45, 2.75) is 63.5 Å². The summed E-state index contributed by atoms with van der Waals surface area (Å²) in [6, 6.07) is 0.578. The number of carbonyl (C=O) groups is 2. The van der Waals surface area contributed by atoms with Gasteiger partial charge >= 0.3 is 6.03 Å². The maximum atomic E-state index is 11.6. The molecule has 102 valence electrons. The molecule has 0 spiro atoms. The number of hydrogen-bond acceptors (Lipinski definition) is 2. The molecule has 0 bridgehead atoms. The Labute approximate surface area is 108 Å². The summed E-state index contributed by atoms with van der Waals surface area (Å²) in [7, 11) is 0. The maximum absolute atomic E-state index is 11.6. The van der Waals surface area contributed by atoms with Crippen molar-refractivity contribution in [1.29, 1.82) is 0 Å². The molecule has 3 amide bonds. The number of rotatable bonds is 5. The van der Waals surface area contributed by atoms with Crippen molar-refractivity contribution in [2.24, 2.45) is 0 Å². The molecule has 2 rings (SSSR count). The molecule has 0 unspecified atom stereocenters. The van der Waals surface area contributed by atoms with Gasteiger partial charge in [0.15, 0.2) is 0 Å². The zero-order valence-corrected chi connectivity index (χ0v) is 10.8. The minimum absolute atomic E-state index is 0.0375. The third-order valence-corrected chi connectivity index (χ3v) is 3.52. The zero-order valence-electron chi connectivity index (χ0n) is 10.8. The lowest BCUT2D eigenvalue weighted by atomic mass is 9.96. The van der Waals surface area contributed by atoms with Gasteiger partial charge in [0, 0.05) is 25.0 Å². The first-order valence-corrected chi connectivity index (χ1v) is 7.08. The SMILES string of the molecule is O=C(CCNC(=O)NC1CCCCC1)NC1CC1. The Morgan fingerprint density at radius 2 is 1.56 bits per heavy atom. The molecule has 2 aliphatic carbocycles. The fourth-order valence-electron chi connectivity index (χ4n) is 2.30. The van der Waals surface area contributed by atoms with E-state index in [2.05, 4.69) is 16.0 Å². The van der Waals surface area contributed by atoms with Crippen molar-refractivity contribution in [2.75, 3.05) is 6.54 Å². The van der Waals surface area contributed by atoms with Crippen molar-refractivity contribution >= 4 is 11.9 Å². The summed E-state index contributed by atoms with van der Waals surface area (Å²) >= 11 is 0. The molecular weight excluding hydrogens is 230 g/mol. The van der Waals surface area contributed by atoms with E-state index in [1.807, 2.05) is 0 Å². The van der Waals surface area contributed by atoms with Gasteiger partial charge in [0.05, 0.1) is 0 Å². The van der Waals surface area contributed by atoms with Crippen LogP contribution in [0.25, 0.3) is 0 Å². The Bertz CT molecular complexity index is 297. The second-order valence-corrected chi connectivity index (χ2v) is 5.33. The first kappa shape index (κ1) is 13.2. The molecule has 0 saturated heterocycles. The van der Waals surface area contributed by atoms with Gasteiger partial charge in [-0.3, -0.25) is 4.79 Å². The molecule has 2 fully saturated rings. The first-order valence-electron chi connectivity index (χ1n) is 7.08. The highest BCUT2D eigenvalue weighted by Crippen LogP contribution is 2.18. The minimum Gasteiger partial charge on any atom is -0.353 e. The highest BCUT2D eigenvalue weighted by Gasteiger charge is 2.22. The van der Waals surface area contributed by atoms with E-state index >= 15 is 0 Å². The zero-order chi connectivity index (χ0) is 12.8. The summed E-state index contributed by atoms with van der Waals surface area (Å²) in [6.45, 7) is 0.414. The van der Waals surface area contributed by atoms with Crippen LogP contribution in [0.15, 0.2) is 0 Å². The van der Waals surface area contributed by atoms with Crippen LogP contribution in [0.5, 0.6) is 0 Å². The van der Waals surface area contributed by atoms with Gasteiger partial charge in [0.1, 0.15) is 0 Å². The monoisotopic (exact) mass is 253 g/mol. The van der Waals surface area contributed by atoms with E-state index in [0.29, 0.717) is 25.0 Å². The fourth-order valence-corrected chi connectivity index (χ4v) is 2.30. The molecule has 0 heterocycles. The van der Waals surface area contributed by atoms with Crippen LogP contribution >= 0.6 is 0 Å². The summed E-state index contributed by atoms with van der Waals surface area (Å²) < 4.78 is 0. The van der Waals surface area contributed by atoms with E-state index in [4.69, 9.17) is 0 Å². The van der Waals surface area contributed by atoms with Crippen LogP contribution < -0.4 is 16.0 Å². The van der Waals surface area contributed by atoms with Crippen LogP contribution in [-0.4, -0.2) is 30.6 Å². The van der Waals surface area contributed by atoms with Crippen molar-refractivity contribution in [3.05, 3.63) is 0 Å². The number of nitrogens with one attached hydrogen (secondary N) is 3. The Hall–Kier alpha value is -1.26. The largest absolute Gasteiger partial charge is 0.353 e. The van der Waals surface area contributed by atoms with Crippen LogP contribution in [0.3, 0.4) is 0 Å². The Morgan fingerprint density at radius 1 is 0.889 bits per heavy atom. The molecule has 0 radical (unpaired) electrons. The predicted molar refractivity (Wildman–Crippen MR) is 69.2 cm³/mol. The lowest BCUT2D eigenvalue weighted by molar-refractivity contribution is -0.121. The van der Waals surface area contributed by atoms with E-state index in [1.54, 1.807) is 0 Å². The summed E-state index contributed by atoms with van der Waals surface area (Å²) in [6.07, 6.45) is 8.41. The Balaban J connectivity index is 1.52. The molecule has 5 heteroatoms. The molecule has 3 N–H and O–H groups in total. The van der Waals surface area contributed by atoms with Crippen molar-refractivity contribution in [3.8, 4) is 0 Å². The van der Waals surface area contributed by atoms with Gasteiger partial charge in [-0.05, 0) is 25.7 Å². The molecule has 0 aliphatic heterocycles. The number of amides is 3. The van der Waals surface area contributed by atoms with Gasteiger partial charge in [-0.2, -0.15) is 0 Å². The fraction of sp³-hybridized carbons (Fsp3) is 0.846. The molecule has 5 nitrogen and oxygen atoms in total. The first-order chi connectivity index (χ1) is 8.74. The topological polar surface area (TPSA) is 70.2 Å². The Kier molecular flexibility index (Phi) is 4.84. The number of hydrogen-bond donors (Lipinski definition) is 3. The lowest BCUT2D eigenvalue weighted by Gasteiger charge is -2.22. The van der Waals surface area contributed by atoms with Gasteiger partial charge in [0.25, 0.3) is 0 Å². The predicted octanol–water partition coefficient (Wildman–Crippen LogP) is 1.29. The van der Waals surface area contributed by atoms with Gasteiger partial charge in [-0.25, -0.2) is 4.79 Å². The second kappa shape index (κ2) is 6.61. The summed E-state index contributed by atoms with van der Waals surface area (Å²) in [4.78, 5) is 23.0. The van der Waals surface area contributed by atoms with E-state index in [9.17, 15) is 9.59 Å². The second-order valence-electron chi connectivity index (χ2n) is 5.33. The van der Waals surface area contributed by atoms with Gasteiger partial charge in [-0.15, -0.1) is 0 Å². The highest BCUT2D eigenvalue weighted by atomic mass is 16.2.